The molecule has 2 atom stereocenters. The van der Waals surface area contributed by atoms with Gasteiger partial charge in [-0.05, 0) is 24.6 Å². The third kappa shape index (κ3) is 3.39. The van der Waals surface area contributed by atoms with Crippen LogP contribution in [0.1, 0.15) is 18.6 Å². The lowest BCUT2D eigenvalue weighted by atomic mass is 10.1. The normalized spacial score (nSPS) is 20.1. The van der Waals surface area contributed by atoms with Crippen molar-refractivity contribution in [2.45, 2.75) is 19.1 Å². The summed E-state index contributed by atoms with van der Waals surface area (Å²) in [7, 11) is 0. The van der Waals surface area contributed by atoms with Crippen molar-refractivity contribution in [3.63, 3.8) is 0 Å². The Kier molecular flexibility index (Phi) is 4.54. The fraction of sp³-hybridized carbons (Fsp3) is 0.238. The molecular weight excluding hydrogens is 326 g/mol. The molecule has 0 unspecified atom stereocenters. The van der Waals surface area contributed by atoms with E-state index in [9.17, 15) is 4.79 Å². The molecule has 2 aromatic carbocycles. The minimum Gasteiger partial charge on any atom is -0.367 e. The number of para-hydroxylation sites is 1. The van der Waals surface area contributed by atoms with E-state index in [1.54, 1.807) is 6.20 Å². The third-order valence-electron chi connectivity index (χ3n) is 4.59. The van der Waals surface area contributed by atoms with E-state index in [1.165, 1.54) is 0 Å². The van der Waals surface area contributed by atoms with Gasteiger partial charge in [0.05, 0.1) is 23.9 Å². The van der Waals surface area contributed by atoms with Crippen molar-refractivity contribution in [1.29, 1.82) is 0 Å². The smallest absolute Gasteiger partial charge is 0.322 e. The number of fused-ring (bicyclic) bond motifs is 1. The van der Waals surface area contributed by atoms with Crippen LogP contribution in [-0.2, 0) is 4.74 Å². The predicted octanol–water partition coefficient (Wildman–Crippen LogP) is 4.23. The Hall–Kier alpha value is -2.92. The van der Waals surface area contributed by atoms with Gasteiger partial charge in [-0.3, -0.25) is 4.98 Å². The summed E-state index contributed by atoms with van der Waals surface area (Å²) < 4.78 is 6.04. The van der Waals surface area contributed by atoms with Gasteiger partial charge in [-0.2, -0.15) is 0 Å². The largest absolute Gasteiger partial charge is 0.367 e. The number of nitrogens with one attached hydrogen (secondary N) is 1. The molecule has 1 N–H and O–H groups in total. The van der Waals surface area contributed by atoms with Gasteiger partial charge in [0, 0.05) is 18.1 Å². The highest BCUT2D eigenvalue weighted by Gasteiger charge is 2.29. The summed E-state index contributed by atoms with van der Waals surface area (Å²) in [6, 6.07) is 19.6. The number of pyridine rings is 1. The molecule has 1 aromatic heterocycles. The van der Waals surface area contributed by atoms with Gasteiger partial charge in [-0.1, -0.05) is 48.5 Å². The first-order chi connectivity index (χ1) is 12.7. The molecule has 4 rings (SSSR count). The van der Waals surface area contributed by atoms with Crippen LogP contribution in [0.5, 0.6) is 0 Å². The molecule has 1 fully saturated rings. The van der Waals surface area contributed by atoms with Crippen LogP contribution in [-0.4, -0.2) is 35.1 Å². The molecule has 2 heterocycles. The predicted molar refractivity (Wildman–Crippen MR) is 102 cm³/mol. The zero-order chi connectivity index (χ0) is 17.9. The maximum absolute atomic E-state index is 12.9. The topological polar surface area (TPSA) is 54.5 Å². The number of morpholine rings is 1. The highest BCUT2D eigenvalue weighted by Crippen LogP contribution is 2.26. The zero-order valence-corrected chi connectivity index (χ0v) is 14.6. The van der Waals surface area contributed by atoms with Gasteiger partial charge in [0.25, 0.3) is 0 Å². The Labute approximate surface area is 152 Å². The van der Waals surface area contributed by atoms with Crippen LogP contribution in [0.3, 0.4) is 0 Å². The zero-order valence-electron chi connectivity index (χ0n) is 14.6. The second-order valence-electron chi connectivity index (χ2n) is 6.56. The quantitative estimate of drug-likeness (QED) is 0.755. The highest BCUT2D eigenvalue weighted by molar-refractivity contribution is 5.99. The van der Waals surface area contributed by atoms with Gasteiger partial charge in [0.2, 0.25) is 0 Å². The Morgan fingerprint density at radius 2 is 1.88 bits per heavy atom. The molecule has 132 valence electrons. The molecule has 2 amide bonds. The maximum atomic E-state index is 12.9. The molecular formula is C21H21N3O2. The number of ether oxygens (including phenoxy) is 1. The lowest BCUT2D eigenvalue weighted by molar-refractivity contribution is -0.0642. The average molecular weight is 347 g/mol. The molecule has 5 nitrogen and oxygen atoms in total. The van der Waals surface area contributed by atoms with E-state index in [1.807, 2.05) is 72.5 Å². The number of rotatable bonds is 2. The van der Waals surface area contributed by atoms with Crippen LogP contribution in [0, 0.1) is 0 Å². The number of aromatic nitrogens is 1. The SMILES string of the molecule is C[C@H]1CN(C(=O)Nc2cccc3cccnc23)C[C@@H](c2ccccc2)O1. The van der Waals surface area contributed by atoms with Crippen molar-refractivity contribution >= 4 is 22.6 Å². The molecule has 0 spiro atoms. The standard InChI is InChI=1S/C21H21N3O2/c1-15-13-24(14-19(26-15)16-7-3-2-4-8-16)21(25)23-18-11-5-9-17-10-6-12-22-20(17)18/h2-12,15,19H,13-14H2,1H3,(H,23,25)/t15-,19-/m0/s1. The molecule has 0 bridgehead atoms. The molecule has 1 aliphatic rings. The van der Waals surface area contributed by atoms with Gasteiger partial charge in [0.15, 0.2) is 0 Å². The summed E-state index contributed by atoms with van der Waals surface area (Å²) in [5, 5.41) is 4.02. The van der Waals surface area contributed by atoms with Crippen LogP contribution in [0.15, 0.2) is 66.9 Å². The number of carbonyl (C=O) groups is 1. The average Bonchev–Trinajstić information content (AvgIpc) is 2.68. The molecule has 1 aliphatic heterocycles. The summed E-state index contributed by atoms with van der Waals surface area (Å²) in [5.74, 6) is 0. The summed E-state index contributed by atoms with van der Waals surface area (Å²) in [6.45, 7) is 3.08. The molecule has 5 heteroatoms. The van der Waals surface area contributed by atoms with Crippen LogP contribution in [0.25, 0.3) is 10.9 Å². The van der Waals surface area contributed by atoms with Gasteiger partial charge in [0.1, 0.15) is 6.10 Å². The monoisotopic (exact) mass is 347 g/mol. The first-order valence-corrected chi connectivity index (χ1v) is 8.81. The third-order valence-corrected chi connectivity index (χ3v) is 4.59. The van der Waals surface area contributed by atoms with E-state index >= 15 is 0 Å². The van der Waals surface area contributed by atoms with Crippen LogP contribution in [0.2, 0.25) is 0 Å². The molecule has 0 radical (unpaired) electrons. The maximum Gasteiger partial charge on any atom is 0.322 e. The Morgan fingerprint density at radius 1 is 1.08 bits per heavy atom. The summed E-state index contributed by atoms with van der Waals surface area (Å²) in [6.07, 6.45) is 1.60. The molecule has 3 aromatic rings. The Bertz CT molecular complexity index is 908. The van der Waals surface area contributed by atoms with Crippen molar-refractivity contribution in [3.8, 4) is 0 Å². The fourth-order valence-electron chi connectivity index (χ4n) is 3.37. The fourth-order valence-corrected chi connectivity index (χ4v) is 3.37. The van der Waals surface area contributed by atoms with E-state index in [0.717, 1.165) is 22.2 Å². The van der Waals surface area contributed by atoms with Crippen molar-refractivity contribution in [1.82, 2.24) is 9.88 Å². The number of hydrogen-bond donors (Lipinski definition) is 1. The number of hydrogen-bond acceptors (Lipinski definition) is 3. The number of urea groups is 1. The lowest BCUT2D eigenvalue weighted by Gasteiger charge is -2.37. The molecule has 26 heavy (non-hydrogen) atoms. The Balaban J connectivity index is 1.53. The summed E-state index contributed by atoms with van der Waals surface area (Å²) in [5.41, 5.74) is 2.61. The summed E-state index contributed by atoms with van der Waals surface area (Å²) in [4.78, 5) is 19.1. The molecule has 0 aliphatic carbocycles. The van der Waals surface area contributed by atoms with E-state index in [4.69, 9.17) is 4.74 Å². The second-order valence-corrected chi connectivity index (χ2v) is 6.56. The van der Waals surface area contributed by atoms with E-state index in [-0.39, 0.29) is 18.2 Å². The lowest BCUT2D eigenvalue weighted by Crippen LogP contribution is -2.47. The van der Waals surface area contributed by atoms with Gasteiger partial charge < -0.3 is 15.0 Å². The van der Waals surface area contributed by atoms with E-state index in [2.05, 4.69) is 10.3 Å². The summed E-state index contributed by atoms with van der Waals surface area (Å²) >= 11 is 0. The van der Waals surface area contributed by atoms with Crippen molar-refractivity contribution < 1.29 is 9.53 Å². The minimum atomic E-state index is -0.126. The van der Waals surface area contributed by atoms with Crippen molar-refractivity contribution in [2.24, 2.45) is 0 Å². The van der Waals surface area contributed by atoms with Crippen LogP contribution in [0.4, 0.5) is 10.5 Å². The van der Waals surface area contributed by atoms with Gasteiger partial charge in [-0.25, -0.2) is 4.79 Å². The van der Waals surface area contributed by atoms with Gasteiger partial charge in [-0.15, -0.1) is 0 Å². The minimum absolute atomic E-state index is 0.0228. The molecule has 1 saturated heterocycles. The number of benzene rings is 2. The number of nitrogens with zero attached hydrogens (tertiary/aromatic N) is 2. The molecule has 0 saturated carbocycles. The van der Waals surface area contributed by atoms with Gasteiger partial charge >= 0.3 is 6.03 Å². The van der Waals surface area contributed by atoms with E-state index < -0.39 is 0 Å². The number of carbonyl (C=O) groups excluding carboxylic acids is 1. The number of anilines is 1. The van der Waals surface area contributed by atoms with Crippen LogP contribution >= 0.6 is 0 Å². The number of amides is 2. The first-order valence-electron chi connectivity index (χ1n) is 8.81. The highest BCUT2D eigenvalue weighted by atomic mass is 16.5. The van der Waals surface area contributed by atoms with Crippen LogP contribution < -0.4 is 5.32 Å². The van der Waals surface area contributed by atoms with Crippen molar-refractivity contribution in [3.05, 3.63) is 72.4 Å². The van der Waals surface area contributed by atoms with Crippen molar-refractivity contribution in [2.75, 3.05) is 18.4 Å². The Morgan fingerprint density at radius 3 is 2.73 bits per heavy atom. The second kappa shape index (κ2) is 7.14. The first kappa shape index (κ1) is 16.5. The van der Waals surface area contributed by atoms with E-state index in [0.29, 0.717) is 13.1 Å².